The van der Waals surface area contributed by atoms with E-state index in [0.717, 1.165) is 82.0 Å². The van der Waals surface area contributed by atoms with Crippen molar-refractivity contribution in [3.05, 3.63) is 94.4 Å². The van der Waals surface area contributed by atoms with E-state index in [2.05, 4.69) is 33.6 Å². The molecule has 0 bridgehead atoms. The van der Waals surface area contributed by atoms with E-state index in [1.807, 2.05) is 35.0 Å². The van der Waals surface area contributed by atoms with Gasteiger partial charge in [-0.25, -0.2) is 9.67 Å². The van der Waals surface area contributed by atoms with Crippen LogP contribution in [0.5, 0.6) is 17.4 Å². The molecule has 1 amide bonds. The highest BCUT2D eigenvalue weighted by atomic mass is 16.5. The molecule has 5 aromatic rings. The molecule has 3 aromatic heterocycles. The standard InChI is InChI=1S/C36H36N6O5/c1-44-26-9-7-24(33(15-26)45-2)16-38-34-29-21-46-20-28(29)27-10-4-22(14-31(27)40-34)19-41(32-18-39-42-12-3-13-47-36(32)42)35(43)25-8-11-30(37-17-25)23-5-6-23/h4,7-11,14-15,17-18,23H,3,5-6,12-13,16,19-21H2,1-2H3,(H,38,40). The molecule has 8 rings (SSSR count). The highest BCUT2D eigenvalue weighted by Gasteiger charge is 2.29. The molecule has 0 spiro atoms. The van der Waals surface area contributed by atoms with Gasteiger partial charge in [-0.05, 0) is 54.3 Å². The number of ether oxygens (including phenoxy) is 4. The van der Waals surface area contributed by atoms with Crippen LogP contribution in [-0.2, 0) is 37.6 Å². The van der Waals surface area contributed by atoms with Crippen molar-refractivity contribution < 1.29 is 23.7 Å². The number of hydrogen-bond acceptors (Lipinski definition) is 9. The summed E-state index contributed by atoms with van der Waals surface area (Å²) in [6.45, 7) is 3.17. The maximum Gasteiger partial charge on any atom is 0.260 e. The van der Waals surface area contributed by atoms with E-state index in [-0.39, 0.29) is 5.91 Å². The molecule has 1 aliphatic carbocycles. The van der Waals surface area contributed by atoms with Gasteiger partial charge in [0.15, 0.2) is 0 Å². The molecule has 1 N–H and O–H groups in total. The minimum Gasteiger partial charge on any atom is -0.497 e. The number of aromatic nitrogens is 4. The fourth-order valence-corrected chi connectivity index (χ4v) is 6.41. The molecule has 0 atom stereocenters. The lowest BCUT2D eigenvalue weighted by molar-refractivity contribution is 0.0983. The lowest BCUT2D eigenvalue weighted by Gasteiger charge is -2.25. The largest absolute Gasteiger partial charge is 0.497 e. The highest BCUT2D eigenvalue weighted by Crippen LogP contribution is 2.39. The summed E-state index contributed by atoms with van der Waals surface area (Å²) >= 11 is 0. The van der Waals surface area contributed by atoms with E-state index >= 15 is 0 Å². The Morgan fingerprint density at radius 2 is 1.94 bits per heavy atom. The Morgan fingerprint density at radius 1 is 1.04 bits per heavy atom. The van der Waals surface area contributed by atoms with E-state index < -0.39 is 0 Å². The first-order valence-electron chi connectivity index (χ1n) is 16.0. The molecule has 47 heavy (non-hydrogen) atoms. The molecule has 11 nitrogen and oxygen atoms in total. The van der Waals surface area contributed by atoms with Crippen LogP contribution in [0, 0.1) is 0 Å². The van der Waals surface area contributed by atoms with Crippen molar-refractivity contribution in [3.8, 4) is 17.4 Å². The fraction of sp³-hybridized carbons (Fsp3) is 0.333. The van der Waals surface area contributed by atoms with Gasteiger partial charge in [0.1, 0.15) is 23.0 Å². The van der Waals surface area contributed by atoms with Gasteiger partial charge in [0, 0.05) is 59.9 Å². The zero-order valence-corrected chi connectivity index (χ0v) is 26.5. The summed E-state index contributed by atoms with van der Waals surface area (Å²) < 4.78 is 24.7. The zero-order chi connectivity index (χ0) is 31.9. The Hall–Kier alpha value is -5.16. The first kappa shape index (κ1) is 29.3. The number of methoxy groups -OCH3 is 2. The second kappa shape index (κ2) is 12.2. The highest BCUT2D eigenvalue weighted by molar-refractivity contribution is 6.06. The molecular formula is C36H36N6O5. The van der Waals surface area contributed by atoms with Crippen LogP contribution in [0.2, 0.25) is 0 Å². The molecule has 0 unspecified atom stereocenters. The lowest BCUT2D eigenvalue weighted by Crippen LogP contribution is -2.31. The first-order chi connectivity index (χ1) is 23.1. The predicted octanol–water partition coefficient (Wildman–Crippen LogP) is 5.99. The topological polar surface area (TPSA) is 113 Å². The Kier molecular flexibility index (Phi) is 7.60. The summed E-state index contributed by atoms with van der Waals surface area (Å²) in [7, 11) is 3.29. The van der Waals surface area contributed by atoms with Crippen LogP contribution in [-0.4, -0.2) is 46.5 Å². The average Bonchev–Trinajstić information content (AvgIpc) is 3.69. The van der Waals surface area contributed by atoms with Crippen LogP contribution in [0.15, 0.2) is 60.9 Å². The fourth-order valence-electron chi connectivity index (χ4n) is 6.41. The maximum absolute atomic E-state index is 14.1. The lowest BCUT2D eigenvalue weighted by atomic mass is 10.0. The van der Waals surface area contributed by atoms with Gasteiger partial charge in [-0.3, -0.25) is 14.7 Å². The molecule has 3 aliphatic rings. The van der Waals surface area contributed by atoms with Crippen molar-refractivity contribution in [3.63, 3.8) is 0 Å². The number of pyridine rings is 2. The summed E-state index contributed by atoms with van der Waals surface area (Å²) in [5, 5.41) is 9.11. The maximum atomic E-state index is 14.1. The smallest absolute Gasteiger partial charge is 0.260 e. The van der Waals surface area contributed by atoms with Gasteiger partial charge >= 0.3 is 0 Å². The minimum absolute atomic E-state index is 0.156. The second-order valence-corrected chi connectivity index (χ2v) is 12.2. The van der Waals surface area contributed by atoms with Crippen LogP contribution in [0.25, 0.3) is 10.9 Å². The first-order valence-corrected chi connectivity index (χ1v) is 16.0. The van der Waals surface area contributed by atoms with Gasteiger partial charge in [-0.1, -0.05) is 12.1 Å². The molecule has 1 saturated carbocycles. The summed E-state index contributed by atoms with van der Waals surface area (Å²) in [5.41, 5.74) is 7.14. The number of rotatable bonds is 10. The van der Waals surface area contributed by atoms with E-state index in [0.29, 0.717) is 56.0 Å². The third-order valence-electron chi connectivity index (χ3n) is 9.13. The number of carbonyl (C=O) groups excluding carboxylic acids is 1. The van der Waals surface area contributed by atoms with Crippen LogP contribution >= 0.6 is 0 Å². The molecule has 5 heterocycles. The van der Waals surface area contributed by atoms with Gasteiger partial charge in [-0.15, -0.1) is 0 Å². The Bertz CT molecular complexity index is 1970. The van der Waals surface area contributed by atoms with E-state index in [1.54, 1.807) is 31.5 Å². The van der Waals surface area contributed by atoms with Gasteiger partial charge < -0.3 is 24.3 Å². The second-order valence-electron chi connectivity index (χ2n) is 12.2. The summed E-state index contributed by atoms with van der Waals surface area (Å²) in [6, 6.07) is 15.8. The number of anilines is 2. The van der Waals surface area contributed by atoms with E-state index in [9.17, 15) is 4.79 Å². The monoisotopic (exact) mass is 632 g/mol. The molecule has 240 valence electrons. The summed E-state index contributed by atoms with van der Waals surface area (Å²) in [4.78, 5) is 25.6. The van der Waals surface area contributed by atoms with E-state index in [1.165, 1.54) is 0 Å². The SMILES string of the molecule is COc1ccc(CNc2nc3cc(CN(C(=O)c4ccc(C5CC5)nc4)c4cnn5c4OCCC5)ccc3c3c2COC3)c(OC)c1. The van der Waals surface area contributed by atoms with Crippen molar-refractivity contribution in [1.82, 2.24) is 19.7 Å². The number of fused-ring (bicyclic) bond motifs is 4. The van der Waals surface area contributed by atoms with Gasteiger partial charge in [-0.2, -0.15) is 5.10 Å². The van der Waals surface area contributed by atoms with Crippen molar-refractivity contribution >= 4 is 28.3 Å². The van der Waals surface area contributed by atoms with Crippen molar-refractivity contribution in [2.45, 2.75) is 58.0 Å². The van der Waals surface area contributed by atoms with Gasteiger partial charge in [0.05, 0.1) is 57.9 Å². The average molecular weight is 633 g/mol. The van der Waals surface area contributed by atoms with Crippen molar-refractivity contribution in [1.29, 1.82) is 0 Å². The van der Waals surface area contributed by atoms with Crippen LogP contribution < -0.4 is 24.4 Å². The van der Waals surface area contributed by atoms with Crippen molar-refractivity contribution in [2.24, 2.45) is 0 Å². The van der Waals surface area contributed by atoms with Crippen molar-refractivity contribution in [2.75, 3.05) is 31.0 Å². The van der Waals surface area contributed by atoms with E-state index in [4.69, 9.17) is 23.9 Å². The van der Waals surface area contributed by atoms with Crippen LogP contribution in [0.3, 0.4) is 0 Å². The van der Waals surface area contributed by atoms with Crippen LogP contribution in [0.4, 0.5) is 11.5 Å². The quantitative estimate of drug-likeness (QED) is 0.198. The number of hydrogen-bond donors (Lipinski definition) is 1. The third kappa shape index (κ3) is 5.61. The Balaban J connectivity index is 1.12. The number of benzene rings is 2. The van der Waals surface area contributed by atoms with Gasteiger partial charge in [0.2, 0.25) is 5.88 Å². The summed E-state index contributed by atoms with van der Waals surface area (Å²) in [5.74, 6) is 3.21. The number of nitrogens with one attached hydrogen (secondary N) is 1. The number of amides is 1. The minimum atomic E-state index is -0.156. The summed E-state index contributed by atoms with van der Waals surface area (Å²) in [6.07, 6.45) is 6.61. The number of nitrogens with zero attached hydrogens (tertiary/aromatic N) is 5. The Labute approximate surface area is 272 Å². The molecule has 1 fully saturated rings. The molecular weight excluding hydrogens is 596 g/mol. The number of aryl methyl sites for hydroxylation is 1. The van der Waals surface area contributed by atoms with Gasteiger partial charge in [0.25, 0.3) is 5.91 Å². The predicted molar refractivity (Wildman–Crippen MR) is 176 cm³/mol. The third-order valence-corrected chi connectivity index (χ3v) is 9.13. The molecule has 2 aromatic carbocycles. The zero-order valence-electron chi connectivity index (χ0n) is 26.5. The normalized spacial score (nSPS) is 15.1. The molecule has 0 radical (unpaired) electrons. The van der Waals surface area contributed by atoms with Crippen LogP contribution in [0.1, 0.15) is 63.5 Å². The molecule has 2 aliphatic heterocycles. The molecule has 0 saturated heterocycles. The number of carbonyl (C=O) groups is 1. The Morgan fingerprint density at radius 3 is 2.74 bits per heavy atom. The molecule has 11 heteroatoms.